The van der Waals surface area contributed by atoms with E-state index < -0.39 is 17.4 Å². The van der Waals surface area contributed by atoms with Crippen LogP contribution < -0.4 is 0 Å². The van der Waals surface area contributed by atoms with Gasteiger partial charge in [-0.2, -0.15) is 17.6 Å². The summed E-state index contributed by atoms with van der Waals surface area (Å²) >= 11 is 0. The molecule has 1 aliphatic rings. The van der Waals surface area contributed by atoms with Gasteiger partial charge in [0.15, 0.2) is 0 Å². The van der Waals surface area contributed by atoms with Crippen molar-refractivity contribution in [1.29, 1.82) is 0 Å². The number of unbranched alkanes of at least 4 members (excludes halogenated alkanes) is 4. The van der Waals surface area contributed by atoms with Crippen molar-refractivity contribution >= 4 is 0 Å². The largest absolute Gasteiger partial charge is 0.335 e. The number of hydrogen-bond acceptors (Lipinski definition) is 0. The molecule has 1 saturated carbocycles. The Morgan fingerprint density at radius 2 is 1.25 bits per heavy atom. The van der Waals surface area contributed by atoms with E-state index in [-0.39, 0.29) is 6.92 Å². The van der Waals surface area contributed by atoms with Crippen LogP contribution in [0.5, 0.6) is 0 Å². The highest BCUT2D eigenvalue weighted by atomic mass is 19.3. The SMILES string of the molecule is CCCCCCCC1CCC(c2ccc(-c3ccc(C(F)(F)C(C)(F)F)cc3)cc2)CC1. The third-order valence-electron chi connectivity index (χ3n) is 7.08. The minimum absolute atomic E-state index is 0.251. The zero-order chi connectivity index (χ0) is 23.2. The molecular weight excluding hydrogens is 412 g/mol. The third-order valence-corrected chi connectivity index (χ3v) is 7.08. The fraction of sp³-hybridized carbons (Fsp3) is 0.571. The Morgan fingerprint density at radius 1 is 0.719 bits per heavy atom. The van der Waals surface area contributed by atoms with Crippen LogP contribution in [0.2, 0.25) is 0 Å². The first kappa shape index (κ1) is 24.8. The highest BCUT2D eigenvalue weighted by Gasteiger charge is 2.53. The summed E-state index contributed by atoms with van der Waals surface area (Å²) in [6.07, 6.45) is 13.2. The van der Waals surface area contributed by atoms with Crippen molar-refractivity contribution in [3.63, 3.8) is 0 Å². The van der Waals surface area contributed by atoms with Gasteiger partial charge in [0.25, 0.3) is 0 Å². The first-order valence-corrected chi connectivity index (χ1v) is 12.2. The molecule has 0 spiro atoms. The topological polar surface area (TPSA) is 0 Å². The number of alkyl halides is 4. The smallest absolute Gasteiger partial charge is 0.200 e. The van der Waals surface area contributed by atoms with Gasteiger partial charge < -0.3 is 0 Å². The Hall–Kier alpha value is -1.84. The Balaban J connectivity index is 1.54. The molecule has 0 bridgehead atoms. The number of benzene rings is 2. The molecule has 0 unspecified atom stereocenters. The lowest BCUT2D eigenvalue weighted by Gasteiger charge is -2.29. The van der Waals surface area contributed by atoms with Crippen LogP contribution in [0.15, 0.2) is 48.5 Å². The van der Waals surface area contributed by atoms with E-state index in [9.17, 15) is 17.6 Å². The molecule has 0 heterocycles. The summed E-state index contributed by atoms with van der Waals surface area (Å²) in [5, 5.41) is 0. The van der Waals surface area contributed by atoms with E-state index in [2.05, 4.69) is 19.1 Å². The molecule has 0 radical (unpaired) electrons. The van der Waals surface area contributed by atoms with E-state index in [1.807, 2.05) is 12.1 Å². The number of hydrogen-bond donors (Lipinski definition) is 0. The summed E-state index contributed by atoms with van der Waals surface area (Å²) in [6, 6.07) is 13.5. The van der Waals surface area contributed by atoms with E-state index in [4.69, 9.17) is 0 Å². The second kappa shape index (κ2) is 10.9. The van der Waals surface area contributed by atoms with Gasteiger partial charge in [-0.3, -0.25) is 0 Å². The molecule has 2 aromatic carbocycles. The normalized spacial score (nSPS) is 19.8. The van der Waals surface area contributed by atoms with Crippen molar-refractivity contribution in [2.24, 2.45) is 5.92 Å². The van der Waals surface area contributed by atoms with Crippen LogP contribution in [0.4, 0.5) is 17.6 Å². The Morgan fingerprint density at radius 3 is 1.78 bits per heavy atom. The van der Waals surface area contributed by atoms with E-state index in [0.29, 0.717) is 5.92 Å². The fourth-order valence-electron chi connectivity index (χ4n) is 4.89. The maximum Gasteiger partial charge on any atom is 0.335 e. The molecule has 2 aromatic rings. The Bertz CT molecular complexity index is 810. The molecular formula is C28H36F4. The molecule has 1 aliphatic carbocycles. The van der Waals surface area contributed by atoms with Gasteiger partial charge in [0, 0.05) is 12.5 Å². The van der Waals surface area contributed by atoms with Gasteiger partial charge in [0.05, 0.1) is 0 Å². The van der Waals surface area contributed by atoms with E-state index in [0.717, 1.165) is 29.2 Å². The van der Waals surface area contributed by atoms with Crippen molar-refractivity contribution in [3.05, 3.63) is 59.7 Å². The summed E-state index contributed by atoms with van der Waals surface area (Å²) < 4.78 is 54.1. The van der Waals surface area contributed by atoms with E-state index >= 15 is 0 Å². The molecule has 176 valence electrons. The zero-order valence-corrected chi connectivity index (χ0v) is 19.4. The molecule has 1 fully saturated rings. The van der Waals surface area contributed by atoms with Gasteiger partial charge in [-0.25, -0.2) is 0 Å². The molecule has 0 aliphatic heterocycles. The lowest BCUT2D eigenvalue weighted by atomic mass is 9.77. The van der Waals surface area contributed by atoms with Crippen molar-refractivity contribution in [2.75, 3.05) is 0 Å². The molecule has 32 heavy (non-hydrogen) atoms. The van der Waals surface area contributed by atoms with E-state index in [1.165, 1.54) is 81.9 Å². The van der Waals surface area contributed by atoms with Crippen molar-refractivity contribution < 1.29 is 17.6 Å². The molecule has 0 amide bonds. The molecule has 0 atom stereocenters. The number of halogens is 4. The minimum Gasteiger partial charge on any atom is -0.200 e. The van der Waals surface area contributed by atoms with Crippen LogP contribution in [-0.4, -0.2) is 5.92 Å². The molecule has 3 rings (SSSR count). The number of rotatable bonds is 10. The second-order valence-corrected chi connectivity index (χ2v) is 9.58. The predicted octanol–water partition coefficient (Wildman–Crippen LogP) is 9.73. The lowest BCUT2D eigenvalue weighted by Crippen LogP contribution is -2.34. The Labute approximate surface area is 190 Å². The summed E-state index contributed by atoms with van der Waals surface area (Å²) in [7, 11) is 0. The average molecular weight is 449 g/mol. The van der Waals surface area contributed by atoms with E-state index in [1.54, 1.807) is 0 Å². The maximum absolute atomic E-state index is 13.9. The summed E-state index contributed by atoms with van der Waals surface area (Å²) in [5.74, 6) is -6.80. The highest BCUT2D eigenvalue weighted by Crippen LogP contribution is 2.43. The van der Waals surface area contributed by atoms with Crippen LogP contribution >= 0.6 is 0 Å². The van der Waals surface area contributed by atoms with Crippen LogP contribution in [0.1, 0.15) is 95.1 Å². The average Bonchev–Trinajstić information content (AvgIpc) is 2.79. The molecule has 0 N–H and O–H groups in total. The third kappa shape index (κ3) is 6.14. The van der Waals surface area contributed by atoms with Gasteiger partial charge in [-0.1, -0.05) is 94.0 Å². The van der Waals surface area contributed by atoms with Gasteiger partial charge in [0.1, 0.15) is 0 Å². The van der Waals surface area contributed by atoms with Gasteiger partial charge in [-0.05, 0) is 54.2 Å². The Kier molecular flexibility index (Phi) is 8.41. The van der Waals surface area contributed by atoms with Crippen LogP contribution in [0, 0.1) is 5.92 Å². The molecule has 4 heteroatoms. The maximum atomic E-state index is 13.9. The minimum atomic E-state index is -4.18. The first-order valence-electron chi connectivity index (χ1n) is 12.2. The van der Waals surface area contributed by atoms with Crippen molar-refractivity contribution in [1.82, 2.24) is 0 Å². The lowest BCUT2D eigenvalue weighted by molar-refractivity contribution is -0.204. The second-order valence-electron chi connectivity index (χ2n) is 9.58. The quantitative estimate of drug-likeness (QED) is 0.251. The standard InChI is InChI=1S/C28H36F4/c1-3-4-5-6-7-8-21-9-11-22(12-10-21)23-13-15-24(16-14-23)25-17-19-26(20-18-25)28(31,32)27(2,29)30/h13-22H,3-12H2,1-2H3. The van der Waals surface area contributed by atoms with Crippen LogP contribution in [0.25, 0.3) is 11.1 Å². The van der Waals surface area contributed by atoms with Gasteiger partial charge in [-0.15, -0.1) is 0 Å². The van der Waals surface area contributed by atoms with Gasteiger partial charge in [0.2, 0.25) is 0 Å². The molecule has 0 nitrogen and oxygen atoms in total. The van der Waals surface area contributed by atoms with Crippen molar-refractivity contribution in [2.45, 2.75) is 95.8 Å². The van der Waals surface area contributed by atoms with Crippen LogP contribution in [-0.2, 0) is 5.92 Å². The summed E-state index contributed by atoms with van der Waals surface area (Å²) in [6.45, 7) is 2.50. The zero-order valence-electron chi connectivity index (χ0n) is 19.4. The highest BCUT2D eigenvalue weighted by molar-refractivity contribution is 5.64. The predicted molar refractivity (Wildman–Crippen MR) is 124 cm³/mol. The van der Waals surface area contributed by atoms with Crippen molar-refractivity contribution in [3.8, 4) is 11.1 Å². The van der Waals surface area contributed by atoms with Gasteiger partial charge >= 0.3 is 11.8 Å². The van der Waals surface area contributed by atoms with Crippen LogP contribution in [0.3, 0.4) is 0 Å². The first-order chi connectivity index (χ1) is 15.2. The molecule has 0 saturated heterocycles. The fourth-order valence-corrected chi connectivity index (χ4v) is 4.89. The monoisotopic (exact) mass is 448 g/mol. The molecule has 0 aromatic heterocycles. The summed E-state index contributed by atoms with van der Waals surface area (Å²) in [4.78, 5) is 0. The summed E-state index contributed by atoms with van der Waals surface area (Å²) in [5.41, 5.74) is 2.34.